The van der Waals surface area contributed by atoms with Gasteiger partial charge in [-0.1, -0.05) is 20.8 Å². The zero-order chi connectivity index (χ0) is 68.4. The first-order valence-corrected chi connectivity index (χ1v) is 35.6. The number of ether oxygens (including phenoxy) is 4. The second-order valence-corrected chi connectivity index (χ2v) is 26.9. The largest absolute Gasteiger partial charge is 0.484 e. The third kappa shape index (κ3) is 21.8. The van der Waals surface area contributed by atoms with E-state index in [4.69, 9.17) is 28.3 Å². The fourth-order valence-electron chi connectivity index (χ4n) is 10.8. The Labute approximate surface area is 564 Å². The molecular formula is C65H88N10O17S3. The van der Waals surface area contributed by atoms with Crippen molar-refractivity contribution in [2.75, 3.05) is 127 Å². The van der Waals surface area contributed by atoms with Crippen molar-refractivity contribution in [1.29, 1.82) is 0 Å². The van der Waals surface area contributed by atoms with E-state index in [2.05, 4.69) is 31.5 Å². The van der Waals surface area contributed by atoms with Gasteiger partial charge in [-0.3, -0.25) is 72.2 Å². The van der Waals surface area contributed by atoms with E-state index in [9.17, 15) is 57.5 Å². The number of rotatable bonds is 43. The van der Waals surface area contributed by atoms with Crippen LogP contribution in [0.2, 0.25) is 0 Å². The van der Waals surface area contributed by atoms with Crippen LogP contribution in [-0.4, -0.2) is 228 Å². The first-order valence-electron chi connectivity index (χ1n) is 32.5. The number of carbonyl (C=O) groups is 11. The van der Waals surface area contributed by atoms with Gasteiger partial charge >= 0.3 is 0 Å². The lowest BCUT2D eigenvalue weighted by Gasteiger charge is -2.34. The van der Waals surface area contributed by atoms with Crippen molar-refractivity contribution in [3.63, 3.8) is 0 Å². The van der Waals surface area contributed by atoms with Gasteiger partial charge in [0.05, 0.1) is 55.4 Å². The summed E-state index contributed by atoms with van der Waals surface area (Å²) in [5.74, 6) is -1.83. The van der Waals surface area contributed by atoms with E-state index < -0.39 is 51.5 Å². The molecule has 0 saturated carbocycles. The Bertz CT molecular complexity index is 3330. The van der Waals surface area contributed by atoms with Crippen LogP contribution < -0.4 is 41.6 Å². The number of imide groups is 3. The smallest absolute Gasteiger partial charge is 0.258 e. The fourth-order valence-corrected chi connectivity index (χ4v) is 13.9. The highest BCUT2D eigenvalue weighted by Crippen LogP contribution is 2.34. The van der Waals surface area contributed by atoms with Crippen molar-refractivity contribution in [2.45, 2.75) is 120 Å². The average Bonchev–Trinajstić information content (AvgIpc) is 1.17. The van der Waals surface area contributed by atoms with Crippen molar-refractivity contribution in [2.24, 2.45) is 0 Å². The summed E-state index contributed by atoms with van der Waals surface area (Å²) >= 11 is 4.14. The van der Waals surface area contributed by atoms with Gasteiger partial charge < -0.3 is 54.8 Å². The minimum Gasteiger partial charge on any atom is -0.484 e. The number of nitrogens with one attached hydrogen (secondary N) is 5. The maximum absolute atomic E-state index is 14.3. The molecule has 3 saturated heterocycles. The van der Waals surface area contributed by atoms with Gasteiger partial charge in [-0.2, -0.15) is 0 Å². The lowest BCUT2D eigenvalue weighted by molar-refractivity contribution is -0.139. The van der Waals surface area contributed by atoms with Crippen molar-refractivity contribution in [3.05, 3.63) is 52.7 Å². The molecule has 27 nitrogen and oxygen atoms in total. The van der Waals surface area contributed by atoms with Gasteiger partial charge in [-0.05, 0) is 74.9 Å². The predicted octanol–water partition coefficient (Wildman–Crippen LogP) is 3.41. The van der Waals surface area contributed by atoms with E-state index in [1.807, 2.05) is 52.8 Å². The highest BCUT2D eigenvalue weighted by atomic mass is 32.2. The summed E-state index contributed by atoms with van der Waals surface area (Å²) in [5.41, 5.74) is 0.420. The number of aromatic nitrogens is 1. The molecule has 3 unspecified atom stereocenters. The predicted molar refractivity (Wildman–Crippen MR) is 361 cm³/mol. The van der Waals surface area contributed by atoms with Gasteiger partial charge in [-0.15, -0.1) is 35.3 Å². The molecule has 4 aliphatic heterocycles. The van der Waals surface area contributed by atoms with E-state index in [0.717, 1.165) is 57.8 Å². The number of hydrogen-bond donors (Lipinski definition) is 5. The summed E-state index contributed by atoms with van der Waals surface area (Å²) < 4.78 is 30.6. The molecule has 3 fully saturated rings. The lowest BCUT2D eigenvalue weighted by atomic mass is 10.0. The number of likely N-dealkylation sites (tertiary alicyclic amines) is 3. The molecule has 11 amide bonds. The van der Waals surface area contributed by atoms with Crippen LogP contribution in [0.4, 0.5) is 5.69 Å². The number of fused-ring (bicyclic) bond motifs is 4. The van der Waals surface area contributed by atoms with E-state index in [1.54, 1.807) is 12.1 Å². The first kappa shape index (κ1) is 75.0. The maximum Gasteiger partial charge on any atom is 0.258 e. The monoisotopic (exact) mass is 1380 g/mol. The van der Waals surface area contributed by atoms with Crippen molar-refractivity contribution >= 4 is 128 Å². The molecule has 3 atom stereocenters. The van der Waals surface area contributed by atoms with Gasteiger partial charge in [0.25, 0.3) is 5.91 Å². The van der Waals surface area contributed by atoms with Gasteiger partial charge in [0.15, 0.2) is 23.4 Å². The van der Waals surface area contributed by atoms with Crippen LogP contribution >= 0.6 is 35.3 Å². The van der Waals surface area contributed by atoms with Crippen molar-refractivity contribution < 1.29 is 76.1 Å². The van der Waals surface area contributed by atoms with E-state index in [1.165, 1.54) is 47.4 Å². The summed E-state index contributed by atoms with van der Waals surface area (Å²) in [7, 11) is 0. The fraction of sp³-hybridized carbons (Fsp3) is 0.585. The zero-order valence-electron chi connectivity index (χ0n) is 54.7. The number of carbonyl (C=O) groups excluding carboxylic acids is 11. The molecule has 0 bridgehead atoms. The van der Waals surface area contributed by atoms with Crippen LogP contribution in [0.25, 0.3) is 33.3 Å². The second kappa shape index (κ2) is 37.8. The Morgan fingerprint density at radius 2 is 1.03 bits per heavy atom. The third-order valence-corrected chi connectivity index (χ3v) is 19.7. The molecule has 2 aromatic carbocycles. The van der Waals surface area contributed by atoms with Crippen LogP contribution in [0.3, 0.4) is 0 Å². The van der Waals surface area contributed by atoms with Crippen molar-refractivity contribution in [1.82, 2.24) is 46.3 Å². The molecule has 518 valence electrons. The molecule has 0 radical (unpaired) electrons. The summed E-state index contributed by atoms with van der Waals surface area (Å²) in [4.78, 5) is 167. The molecule has 30 heteroatoms. The quantitative estimate of drug-likeness (QED) is 0.0183. The summed E-state index contributed by atoms with van der Waals surface area (Å²) in [6.07, 6.45) is 2.39. The molecule has 2 aromatic rings. The van der Waals surface area contributed by atoms with Crippen molar-refractivity contribution in [3.8, 4) is 17.2 Å². The Balaban J connectivity index is 1.02. The number of benzene rings is 3. The zero-order valence-corrected chi connectivity index (χ0v) is 57.1. The number of amides is 11. The SMILES string of the molecule is CCCSC1CC(=O)N(CCNC(=O)CCOCC(COCCC(=O)NCCN2C(=O)CC(SCCC)C2=O)(COCCC(=O)NCCN2C(=O)CC(SCCNC(=O)CCC)C2=O)NC(=O)COc2ccc3c(=O)cc4oc5cc(N(CC)CC)ccc5nc-4c3c2)C1=O. The lowest BCUT2D eigenvalue weighted by Crippen LogP contribution is -2.59. The number of anilines is 1. The van der Waals surface area contributed by atoms with Crippen LogP contribution in [0, 0.1) is 0 Å². The first-order chi connectivity index (χ1) is 45.8. The van der Waals surface area contributed by atoms with Gasteiger partial charge in [0.2, 0.25) is 59.1 Å². The van der Waals surface area contributed by atoms with Gasteiger partial charge in [0.1, 0.15) is 22.5 Å². The molecule has 7 rings (SSSR count). The molecule has 0 aromatic heterocycles. The molecule has 0 spiro atoms. The molecule has 5 aliphatic rings. The number of nitrogens with zero attached hydrogens (tertiary/aromatic N) is 5. The Kier molecular flexibility index (Phi) is 29.8. The molecular weight excluding hydrogens is 1290 g/mol. The minimum absolute atomic E-state index is 0.0000629. The van der Waals surface area contributed by atoms with Gasteiger partial charge in [-0.25, -0.2) is 4.98 Å². The van der Waals surface area contributed by atoms with E-state index in [0.29, 0.717) is 52.7 Å². The summed E-state index contributed by atoms with van der Waals surface area (Å²) in [6.45, 7) is 9.36. The normalized spacial score (nSPS) is 17.1. The average molecular weight is 1380 g/mol. The Morgan fingerprint density at radius 3 is 1.51 bits per heavy atom. The summed E-state index contributed by atoms with van der Waals surface area (Å²) in [6, 6.07) is 11.7. The highest BCUT2D eigenvalue weighted by Gasteiger charge is 2.41. The Hall–Kier alpha value is -7.38. The van der Waals surface area contributed by atoms with Gasteiger partial charge in [0, 0.05) is 138 Å². The van der Waals surface area contributed by atoms with Crippen LogP contribution in [0.1, 0.15) is 98.8 Å². The molecule has 1 aliphatic carbocycles. The number of thioether (sulfide) groups is 3. The topological polar surface area (TPSA) is 341 Å². The minimum atomic E-state index is -1.61. The van der Waals surface area contributed by atoms with Crippen LogP contribution in [0.15, 0.2) is 51.7 Å². The standard InChI is InChI=1S/C65H88N10O17S3/c1-6-11-53(77)69-22-31-95-52-37-60(84)75(64(52)87)25-21-68-56(80)18-28-90-41-65(39-88-26-16-54(78)66-19-23-73-58(82)35-50(62(73)85)93-29-7-2,40-89-27-17-55(79)67-20-24-74-59(83)36-51(63(74)86)94-30-8-3)71-57(81)38-91-43-13-14-44-45(33-43)61-49(34-47(44)76)92-48-32-42(72(9-4)10-5)12-15-46(48)70-61/h12-15,32-34,50-52H,6-11,16-31,35-41H2,1-5H3,(H,66,78)(H,67,79)(H,68,80)(H,69,77)(H,71,81). The van der Waals surface area contributed by atoms with E-state index >= 15 is 0 Å². The van der Waals surface area contributed by atoms with Crippen LogP contribution in [0.5, 0.6) is 5.75 Å². The second-order valence-electron chi connectivity index (χ2n) is 23.0. The number of hydrogen-bond acceptors (Lipinski definition) is 22. The van der Waals surface area contributed by atoms with Crippen LogP contribution in [-0.2, 0) is 67.0 Å². The molecule has 4 heterocycles. The highest BCUT2D eigenvalue weighted by molar-refractivity contribution is 8.01. The molecule has 95 heavy (non-hydrogen) atoms. The molecule has 5 N–H and O–H groups in total. The summed E-state index contributed by atoms with van der Waals surface area (Å²) in [5, 5.41) is 13.1. The van der Waals surface area contributed by atoms with E-state index in [-0.39, 0.29) is 176 Å². The third-order valence-electron chi connectivity index (χ3n) is 15.7. The Morgan fingerprint density at radius 1 is 0.558 bits per heavy atom. The maximum atomic E-state index is 14.3.